The Hall–Kier alpha value is -2.08. The van der Waals surface area contributed by atoms with Gasteiger partial charge in [0.2, 0.25) is 0 Å². The lowest BCUT2D eigenvalue weighted by atomic mass is 10.1. The predicted octanol–water partition coefficient (Wildman–Crippen LogP) is 3.02. The molecule has 3 rings (SSSR count). The maximum absolute atomic E-state index is 12.7. The number of halogens is 1. The Morgan fingerprint density at radius 2 is 2.30 bits per heavy atom. The smallest absolute Gasteiger partial charge is 0.259 e. The normalized spacial score (nSPS) is 18.0. The zero-order valence-corrected chi connectivity index (χ0v) is 13.8. The highest BCUT2D eigenvalue weighted by Gasteiger charge is 2.29. The zero-order chi connectivity index (χ0) is 16.4. The summed E-state index contributed by atoms with van der Waals surface area (Å²) in [6.07, 6.45) is 4.85. The lowest BCUT2D eigenvalue weighted by molar-refractivity contribution is 0.0536. The van der Waals surface area contributed by atoms with Crippen LogP contribution in [0.1, 0.15) is 34.7 Å². The van der Waals surface area contributed by atoms with Crippen molar-refractivity contribution in [2.75, 3.05) is 13.1 Å². The maximum atomic E-state index is 12.7. The second-order valence-electron chi connectivity index (χ2n) is 5.64. The van der Waals surface area contributed by atoms with Crippen LogP contribution in [0, 0.1) is 13.8 Å². The molecule has 0 radical (unpaired) electrons. The number of amides is 1. The largest absolute Gasteiger partial charge is 0.487 e. The summed E-state index contributed by atoms with van der Waals surface area (Å²) in [6.45, 7) is 4.74. The van der Waals surface area contributed by atoms with Crippen molar-refractivity contribution in [2.45, 2.75) is 32.8 Å². The molecule has 2 aromatic rings. The first-order valence-electron chi connectivity index (χ1n) is 7.54. The Kier molecular flexibility index (Phi) is 4.52. The summed E-state index contributed by atoms with van der Waals surface area (Å²) in [5, 5.41) is 4.33. The molecule has 1 aliphatic rings. The summed E-state index contributed by atoms with van der Waals surface area (Å²) in [5.41, 5.74) is 1.17. The standard InChI is InChI=1S/C16H18ClN3O3/c1-10-15(11(2)23-19-10)16(21)20-7-3-4-12(9-20)22-14-5-6-18-8-13(14)17/h5-6,8,12H,3-4,7,9H2,1-2H3. The van der Waals surface area contributed by atoms with Gasteiger partial charge in [0.25, 0.3) is 5.91 Å². The number of nitrogens with zero attached hydrogens (tertiary/aromatic N) is 3. The number of aromatic nitrogens is 2. The van der Waals surface area contributed by atoms with E-state index in [9.17, 15) is 4.79 Å². The number of hydrogen-bond acceptors (Lipinski definition) is 5. The van der Waals surface area contributed by atoms with Crippen LogP contribution in [0.2, 0.25) is 5.02 Å². The van der Waals surface area contributed by atoms with Crippen molar-refractivity contribution in [3.63, 3.8) is 0 Å². The first kappa shape index (κ1) is 15.8. The molecule has 0 N–H and O–H groups in total. The molecule has 0 aliphatic carbocycles. The molecule has 7 heteroatoms. The fourth-order valence-electron chi connectivity index (χ4n) is 2.80. The number of carbonyl (C=O) groups excluding carboxylic acids is 1. The number of ether oxygens (including phenoxy) is 1. The minimum Gasteiger partial charge on any atom is -0.487 e. The topological polar surface area (TPSA) is 68.5 Å². The molecule has 0 saturated carbocycles. The van der Waals surface area contributed by atoms with E-state index in [0.717, 1.165) is 12.8 Å². The van der Waals surface area contributed by atoms with Gasteiger partial charge in [0.05, 0.1) is 12.2 Å². The fourth-order valence-corrected chi connectivity index (χ4v) is 2.97. The summed E-state index contributed by atoms with van der Waals surface area (Å²) in [7, 11) is 0. The highest BCUT2D eigenvalue weighted by molar-refractivity contribution is 6.31. The number of rotatable bonds is 3. The van der Waals surface area contributed by atoms with E-state index < -0.39 is 0 Å². The van der Waals surface area contributed by atoms with E-state index in [2.05, 4.69) is 10.1 Å². The summed E-state index contributed by atoms with van der Waals surface area (Å²) >= 11 is 6.08. The molecule has 6 nitrogen and oxygen atoms in total. The van der Waals surface area contributed by atoms with Crippen LogP contribution >= 0.6 is 11.6 Å². The van der Waals surface area contributed by atoms with Crippen LogP contribution in [0.3, 0.4) is 0 Å². The molecule has 1 aliphatic heterocycles. The second-order valence-corrected chi connectivity index (χ2v) is 6.05. The Labute approximate surface area is 139 Å². The summed E-state index contributed by atoms with van der Waals surface area (Å²) < 4.78 is 11.0. The summed E-state index contributed by atoms with van der Waals surface area (Å²) in [4.78, 5) is 18.4. The first-order valence-corrected chi connectivity index (χ1v) is 7.92. The Balaban J connectivity index is 1.71. The van der Waals surface area contributed by atoms with Gasteiger partial charge in [-0.05, 0) is 26.7 Å². The predicted molar refractivity (Wildman–Crippen MR) is 84.8 cm³/mol. The van der Waals surface area contributed by atoms with Crippen molar-refractivity contribution >= 4 is 17.5 Å². The van der Waals surface area contributed by atoms with E-state index in [1.54, 1.807) is 37.2 Å². The van der Waals surface area contributed by atoms with Gasteiger partial charge in [0.1, 0.15) is 28.2 Å². The summed E-state index contributed by atoms with van der Waals surface area (Å²) in [6, 6.07) is 1.73. The van der Waals surface area contributed by atoms with E-state index in [-0.39, 0.29) is 12.0 Å². The lowest BCUT2D eigenvalue weighted by Gasteiger charge is -2.33. The van der Waals surface area contributed by atoms with Crippen LogP contribution in [-0.2, 0) is 0 Å². The van der Waals surface area contributed by atoms with Gasteiger partial charge in [0, 0.05) is 25.0 Å². The van der Waals surface area contributed by atoms with Crippen LogP contribution in [0.4, 0.5) is 0 Å². The molecule has 0 spiro atoms. The summed E-state index contributed by atoms with van der Waals surface area (Å²) in [5.74, 6) is 1.08. The SMILES string of the molecule is Cc1noc(C)c1C(=O)N1CCCC(Oc2ccncc2Cl)C1. The van der Waals surface area contributed by atoms with E-state index in [0.29, 0.717) is 40.9 Å². The Morgan fingerprint density at radius 1 is 1.48 bits per heavy atom. The monoisotopic (exact) mass is 335 g/mol. The number of pyridine rings is 1. The van der Waals surface area contributed by atoms with Gasteiger partial charge < -0.3 is 14.2 Å². The van der Waals surface area contributed by atoms with Crippen LogP contribution in [0.25, 0.3) is 0 Å². The molecule has 1 amide bonds. The van der Waals surface area contributed by atoms with Crippen LogP contribution in [-0.4, -0.2) is 40.1 Å². The van der Waals surface area contributed by atoms with Crippen molar-refractivity contribution in [1.82, 2.24) is 15.0 Å². The van der Waals surface area contributed by atoms with Gasteiger partial charge in [-0.25, -0.2) is 0 Å². The average Bonchev–Trinajstić information content (AvgIpc) is 2.88. The van der Waals surface area contributed by atoms with Crippen LogP contribution in [0.15, 0.2) is 23.0 Å². The molecular formula is C16H18ClN3O3. The molecule has 122 valence electrons. The molecule has 1 unspecified atom stereocenters. The van der Waals surface area contributed by atoms with Crippen molar-refractivity contribution in [1.29, 1.82) is 0 Å². The minimum absolute atomic E-state index is 0.0598. The highest BCUT2D eigenvalue weighted by Crippen LogP contribution is 2.26. The van der Waals surface area contributed by atoms with Crippen molar-refractivity contribution in [3.05, 3.63) is 40.5 Å². The Bertz CT molecular complexity index is 697. The van der Waals surface area contributed by atoms with Gasteiger partial charge in [0.15, 0.2) is 0 Å². The van der Waals surface area contributed by atoms with Crippen molar-refractivity contribution in [3.8, 4) is 5.75 Å². The quantitative estimate of drug-likeness (QED) is 0.862. The van der Waals surface area contributed by atoms with Crippen LogP contribution in [0.5, 0.6) is 5.75 Å². The van der Waals surface area contributed by atoms with Crippen molar-refractivity contribution in [2.24, 2.45) is 0 Å². The molecule has 3 heterocycles. The average molecular weight is 336 g/mol. The molecule has 23 heavy (non-hydrogen) atoms. The number of likely N-dealkylation sites (tertiary alicyclic amines) is 1. The molecule has 1 fully saturated rings. The van der Waals surface area contributed by atoms with Crippen LogP contribution < -0.4 is 4.74 Å². The molecular weight excluding hydrogens is 318 g/mol. The lowest BCUT2D eigenvalue weighted by Crippen LogP contribution is -2.44. The number of aryl methyl sites for hydroxylation is 2. The van der Waals surface area contributed by atoms with Gasteiger partial charge in [-0.1, -0.05) is 16.8 Å². The minimum atomic E-state index is -0.0897. The second kappa shape index (κ2) is 6.58. The van der Waals surface area contributed by atoms with Gasteiger partial charge in [-0.2, -0.15) is 0 Å². The third-order valence-electron chi connectivity index (χ3n) is 3.94. The number of carbonyl (C=O) groups is 1. The van der Waals surface area contributed by atoms with Crippen molar-refractivity contribution < 1.29 is 14.1 Å². The highest BCUT2D eigenvalue weighted by atomic mass is 35.5. The molecule has 1 saturated heterocycles. The Morgan fingerprint density at radius 3 is 3.00 bits per heavy atom. The van der Waals surface area contributed by atoms with E-state index in [1.807, 2.05) is 0 Å². The third kappa shape index (κ3) is 3.32. The number of piperidine rings is 1. The molecule has 0 bridgehead atoms. The van der Waals surface area contributed by atoms with Gasteiger partial charge in [-0.3, -0.25) is 9.78 Å². The first-order chi connectivity index (χ1) is 11.1. The zero-order valence-electron chi connectivity index (χ0n) is 13.1. The van der Waals surface area contributed by atoms with Gasteiger partial charge >= 0.3 is 0 Å². The van der Waals surface area contributed by atoms with E-state index in [1.165, 1.54) is 0 Å². The molecule has 2 aromatic heterocycles. The molecule has 0 aromatic carbocycles. The molecule has 1 atom stereocenters. The number of hydrogen-bond donors (Lipinski definition) is 0. The van der Waals surface area contributed by atoms with E-state index >= 15 is 0 Å². The fraction of sp³-hybridized carbons (Fsp3) is 0.438. The third-order valence-corrected chi connectivity index (χ3v) is 4.23. The van der Waals surface area contributed by atoms with E-state index in [4.69, 9.17) is 20.9 Å². The maximum Gasteiger partial charge on any atom is 0.259 e. The van der Waals surface area contributed by atoms with Gasteiger partial charge in [-0.15, -0.1) is 0 Å².